The van der Waals surface area contributed by atoms with Gasteiger partial charge in [0.2, 0.25) is 0 Å². The molecule has 0 saturated carbocycles. The second kappa shape index (κ2) is 7.39. The summed E-state index contributed by atoms with van der Waals surface area (Å²) in [6.45, 7) is 2.19. The lowest BCUT2D eigenvalue weighted by molar-refractivity contribution is 0.278. The highest BCUT2D eigenvalue weighted by Gasteiger charge is 2.04. The lowest BCUT2D eigenvalue weighted by Crippen LogP contribution is -2.25. The van der Waals surface area contributed by atoms with Gasteiger partial charge in [-0.25, -0.2) is 0 Å². The van der Waals surface area contributed by atoms with Gasteiger partial charge in [-0.15, -0.1) is 0 Å². The van der Waals surface area contributed by atoms with E-state index in [0.717, 1.165) is 12.1 Å². The fourth-order valence-electron chi connectivity index (χ4n) is 1.43. The molecule has 0 saturated heterocycles. The molecule has 0 aliphatic carbocycles. The molecule has 82 valence electrons. The Hall–Kier alpha value is -1.91. The number of pyridine rings is 1. The van der Waals surface area contributed by atoms with Gasteiger partial charge in [-0.05, 0) is 17.7 Å². The zero-order chi connectivity index (χ0) is 11.6. The van der Waals surface area contributed by atoms with Crippen LogP contribution in [0.15, 0.2) is 24.5 Å². The van der Waals surface area contributed by atoms with E-state index in [2.05, 4.69) is 22.0 Å². The maximum absolute atomic E-state index is 8.55. The van der Waals surface area contributed by atoms with E-state index in [0.29, 0.717) is 25.9 Å². The number of hydrogen-bond donors (Lipinski definition) is 0. The summed E-state index contributed by atoms with van der Waals surface area (Å²) >= 11 is 0. The molecule has 4 nitrogen and oxygen atoms in total. The molecule has 0 unspecified atom stereocenters. The molecule has 0 radical (unpaired) electrons. The Kier molecular flexibility index (Phi) is 5.62. The standard InChI is InChI=1S/C12H14N4/c13-5-1-9-16(10-2-6-14)11-12-3-7-15-8-4-12/h3-4,7-8H,1-2,9-11H2. The molecule has 0 amide bonds. The van der Waals surface area contributed by atoms with Gasteiger partial charge in [0.05, 0.1) is 12.1 Å². The normalized spacial score (nSPS) is 9.69. The molecule has 0 aliphatic rings. The number of aromatic nitrogens is 1. The van der Waals surface area contributed by atoms with Gasteiger partial charge < -0.3 is 0 Å². The quantitative estimate of drug-likeness (QED) is 0.723. The van der Waals surface area contributed by atoms with Crippen molar-refractivity contribution in [1.29, 1.82) is 10.5 Å². The molecule has 0 bridgehead atoms. The first-order chi connectivity index (χ1) is 7.86. The minimum absolute atomic E-state index is 0.497. The van der Waals surface area contributed by atoms with E-state index >= 15 is 0 Å². The van der Waals surface area contributed by atoms with Crippen molar-refractivity contribution in [3.8, 4) is 12.1 Å². The van der Waals surface area contributed by atoms with Gasteiger partial charge in [0.15, 0.2) is 0 Å². The molecular weight excluding hydrogens is 200 g/mol. The number of hydrogen-bond acceptors (Lipinski definition) is 4. The Bertz CT molecular complexity index is 356. The van der Waals surface area contributed by atoms with Gasteiger partial charge in [-0.3, -0.25) is 9.88 Å². The summed E-state index contributed by atoms with van der Waals surface area (Å²) in [5.41, 5.74) is 1.16. The third-order valence-electron chi connectivity index (χ3n) is 2.24. The zero-order valence-electron chi connectivity index (χ0n) is 9.13. The number of nitriles is 2. The van der Waals surface area contributed by atoms with Crippen LogP contribution in [0.1, 0.15) is 18.4 Å². The molecular formula is C12H14N4. The topological polar surface area (TPSA) is 63.7 Å². The van der Waals surface area contributed by atoms with Crippen LogP contribution in [0.5, 0.6) is 0 Å². The highest BCUT2D eigenvalue weighted by molar-refractivity contribution is 5.09. The van der Waals surface area contributed by atoms with Crippen molar-refractivity contribution in [2.75, 3.05) is 13.1 Å². The zero-order valence-corrected chi connectivity index (χ0v) is 9.13. The van der Waals surface area contributed by atoms with Crippen LogP contribution in [0, 0.1) is 22.7 Å². The van der Waals surface area contributed by atoms with Gasteiger partial charge in [0.25, 0.3) is 0 Å². The first kappa shape index (κ1) is 12.2. The molecule has 0 spiro atoms. The summed E-state index contributed by atoms with van der Waals surface area (Å²) in [5.74, 6) is 0. The molecule has 1 aromatic heterocycles. The Morgan fingerprint density at radius 2 is 1.62 bits per heavy atom. The molecule has 0 N–H and O–H groups in total. The second-order valence-corrected chi connectivity index (χ2v) is 3.45. The predicted octanol–water partition coefficient (Wildman–Crippen LogP) is 1.71. The third kappa shape index (κ3) is 4.54. The smallest absolute Gasteiger partial charge is 0.0635 e. The fraction of sp³-hybridized carbons (Fsp3) is 0.417. The maximum Gasteiger partial charge on any atom is 0.0635 e. The summed E-state index contributed by atoms with van der Waals surface area (Å²) in [6, 6.07) is 8.15. The van der Waals surface area contributed by atoms with E-state index in [1.807, 2.05) is 12.1 Å². The Morgan fingerprint density at radius 1 is 1.06 bits per heavy atom. The summed E-state index contributed by atoms with van der Waals surface area (Å²) in [6.07, 6.45) is 4.50. The second-order valence-electron chi connectivity index (χ2n) is 3.45. The van der Waals surface area contributed by atoms with Crippen LogP contribution in [0.3, 0.4) is 0 Å². The van der Waals surface area contributed by atoms with Gasteiger partial charge >= 0.3 is 0 Å². The molecule has 16 heavy (non-hydrogen) atoms. The average Bonchev–Trinajstić information content (AvgIpc) is 2.34. The summed E-state index contributed by atoms with van der Waals surface area (Å²) in [7, 11) is 0. The number of rotatable bonds is 6. The summed E-state index contributed by atoms with van der Waals surface area (Å²) in [4.78, 5) is 6.07. The maximum atomic E-state index is 8.55. The molecule has 0 atom stereocenters. The molecule has 4 heteroatoms. The molecule has 1 rings (SSSR count). The van der Waals surface area contributed by atoms with Gasteiger partial charge in [0, 0.05) is 44.9 Å². The lowest BCUT2D eigenvalue weighted by Gasteiger charge is -2.19. The van der Waals surface area contributed by atoms with Crippen LogP contribution in [-0.2, 0) is 6.54 Å². The van der Waals surface area contributed by atoms with Gasteiger partial charge in [-0.1, -0.05) is 0 Å². The van der Waals surface area contributed by atoms with Crippen LogP contribution in [-0.4, -0.2) is 23.0 Å². The van der Waals surface area contributed by atoms with Crippen LogP contribution in [0.2, 0.25) is 0 Å². The highest BCUT2D eigenvalue weighted by Crippen LogP contribution is 2.04. The van der Waals surface area contributed by atoms with Gasteiger partial charge in [-0.2, -0.15) is 10.5 Å². The van der Waals surface area contributed by atoms with Crippen LogP contribution >= 0.6 is 0 Å². The first-order valence-corrected chi connectivity index (χ1v) is 5.22. The van der Waals surface area contributed by atoms with E-state index in [1.54, 1.807) is 12.4 Å². The van der Waals surface area contributed by atoms with Crippen molar-refractivity contribution in [3.63, 3.8) is 0 Å². The molecule has 1 aromatic rings. The molecule has 1 heterocycles. The summed E-state index contributed by atoms with van der Waals surface area (Å²) < 4.78 is 0. The Morgan fingerprint density at radius 3 is 2.12 bits per heavy atom. The highest BCUT2D eigenvalue weighted by atomic mass is 15.1. The van der Waals surface area contributed by atoms with E-state index in [1.165, 1.54) is 0 Å². The van der Waals surface area contributed by atoms with Crippen molar-refractivity contribution in [1.82, 2.24) is 9.88 Å². The minimum atomic E-state index is 0.497. The van der Waals surface area contributed by atoms with Crippen molar-refractivity contribution < 1.29 is 0 Å². The largest absolute Gasteiger partial charge is 0.297 e. The molecule has 0 fully saturated rings. The number of nitrogens with zero attached hydrogens (tertiary/aromatic N) is 4. The molecule has 0 aliphatic heterocycles. The van der Waals surface area contributed by atoms with E-state index < -0.39 is 0 Å². The fourth-order valence-corrected chi connectivity index (χ4v) is 1.43. The van der Waals surface area contributed by atoms with Crippen molar-refractivity contribution in [2.24, 2.45) is 0 Å². The van der Waals surface area contributed by atoms with Crippen molar-refractivity contribution in [3.05, 3.63) is 30.1 Å². The van der Waals surface area contributed by atoms with E-state index in [4.69, 9.17) is 10.5 Å². The average molecular weight is 214 g/mol. The van der Waals surface area contributed by atoms with Crippen LogP contribution < -0.4 is 0 Å². The molecule has 0 aromatic carbocycles. The Labute approximate surface area is 95.8 Å². The van der Waals surface area contributed by atoms with Crippen LogP contribution in [0.4, 0.5) is 0 Å². The van der Waals surface area contributed by atoms with E-state index in [9.17, 15) is 0 Å². The monoisotopic (exact) mass is 214 g/mol. The SMILES string of the molecule is N#CCCN(CCC#N)Cc1ccncc1. The Balaban J connectivity index is 2.50. The van der Waals surface area contributed by atoms with E-state index in [-0.39, 0.29) is 0 Å². The van der Waals surface area contributed by atoms with Crippen LogP contribution in [0.25, 0.3) is 0 Å². The minimum Gasteiger partial charge on any atom is -0.297 e. The lowest BCUT2D eigenvalue weighted by atomic mass is 10.2. The first-order valence-electron chi connectivity index (χ1n) is 5.22. The predicted molar refractivity (Wildman–Crippen MR) is 60.0 cm³/mol. The van der Waals surface area contributed by atoms with Crippen molar-refractivity contribution >= 4 is 0 Å². The van der Waals surface area contributed by atoms with Crippen molar-refractivity contribution in [2.45, 2.75) is 19.4 Å². The summed E-state index contributed by atoms with van der Waals surface area (Å²) in [5, 5.41) is 17.1. The third-order valence-corrected chi connectivity index (χ3v) is 2.24. The van der Waals surface area contributed by atoms with Gasteiger partial charge in [0.1, 0.15) is 0 Å².